The fourth-order valence-corrected chi connectivity index (χ4v) is 12.7. The van der Waals surface area contributed by atoms with Gasteiger partial charge in [0.1, 0.15) is 0 Å². The zero-order chi connectivity index (χ0) is 38.4. The molecule has 0 spiro atoms. The van der Waals surface area contributed by atoms with Crippen molar-refractivity contribution in [1.29, 1.82) is 0 Å². The quantitative estimate of drug-likeness (QED) is 0.200. The smallest absolute Gasteiger partial charge is 0.0642 e. The zero-order valence-corrected chi connectivity index (χ0v) is 33.3. The summed E-state index contributed by atoms with van der Waals surface area (Å²) >= 11 is 0. The fourth-order valence-electron chi connectivity index (χ4n) is 12.7. The number of anilines is 2. The van der Waals surface area contributed by atoms with Gasteiger partial charge in [-0.1, -0.05) is 159 Å². The molecule has 2 aliphatic heterocycles. The third kappa shape index (κ3) is 4.84. The van der Waals surface area contributed by atoms with Crippen LogP contribution in [0.25, 0.3) is 0 Å². The van der Waals surface area contributed by atoms with Gasteiger partial charge in [0.25, 0.3) is 0 Å². The molecule has 0 radical (unpaired) electrons. The van der Waals surface area contributed by atoms with Crippen LogP contribution in [0.5, 0.6) is 0 Å². The molecular weight excluding hydrogens is 701 g/mol. The molecule has 0 saturated heterocycles. The molecule has 6 unspecified atom stereocenters. The lowest BCUT2D eigenvalue weighted by Crippen LogP contribution is -2.43. The normalized spacial score (nSPS) is 28.3. The molecule has 0 fully saturated rings. The number of hydrogen-bond donors (Lipinski definition) is 0. The Morgan fingerprint density at radius 3 is 2.22 bits per heavy atom. The van der Waals surface area contributed by atoms with E-state index >= 15 is 0 Å². The van der Waals surface area contributed by atoms with Gasteiger partial charge in [-0.25, -0.2) is 0 Å². The van der Waals surface area contributed by atoms with Crippen molar-refractivity contribution in [2.75, 3.05) is 4.90 Å². The maximum absolute atomic E-state index is 2.85. The van der Waals surface area contributed by atoms with Gasteiger partial charge in [0.2, 0.25) is 0 Å². The summed E-state index contributed by atoms with van der Waals surface area (Å²) in [5.41, 5.74) is 19.1. The van der Waals surface area contributed by atoms with Gasteiger partial charge in [-0.05, 0) is 119 Å². The van der Waals surface area contributed by atoms with Gasteiger partial charge in [-0.2, -0.15) is 0 Å². The first-order valence-corrected chi connectivity index (χ1v) is 21.9. The van der Waals surface area contributed by atoms with Crippen molar-refractivity contribution in [2.24, 2.45) is 11.8 Å². The zero-order valence-electron chi connectivity index (χ0n) is 33.3. The Labute approximate surface area is 344 Å². The van der Waals surface area contributed by atoms with Crippen LogP contribution in [0.2, 0.25) is 0 Å². The Kier molecular flexibility index (Phi) is 7.87. The van der Waals surface area contributed by atoms with Crippen LogP contribution in [-0.2, 0) is 5.41 Å². The van der Waals surface area contributed by atoms with Crippen molar-refractivity contribution in [3.05, 3.63) is 238 Å². The molecule has 6 atom stereocenters. The van der Waals surface area contributed by atoms with E-state index in [0.717, 1.165) is 32.1 Å². The standard InChI is InChI=1S/C56H50N2/c1-37-50(34-31-46-43-23-11-14-26-49(43)56(55(37)46,40-17-5-2-6-18-40)41-19-7-3-8-20-41)58-52-28-16-13-25-45(52)48-36-39(30-33-54(48)58)38-29-32-53-47(35-38)44-24-12-15-27-51(44)57(53)42-21-9-4-10-22-42/h2-13,15-24,27-29,31-32,34-35,37,39,44-45,50-51H,14,25-26,30,33,36H2,1H3. The summed E-state index contributed by atoms with van der Waals surface area (Å²) in [4.78, 5) is 5.41. The highest BCUT2D eigenvalue weighted by Crippen LogP contribution is 2.62. The molecular formula is C56H50N2. The molecule has 58 heavy (non-hydrogen) atoms. The lowest BCUT2D eigenvalue weighted by atomic mass is 9.61. The summed E-state index contributed by atoms with van der Waals surface area (Å²) < 4.78 is 0. The monoisotopic (exact) mass is 750 g/mol. The minimum atomic E-state index is -0.277. The van der Waals surface area contributed by atoms with E-state index in [-0.39, 0.29) is 11.5 Å². The van der Waals surface area contributed by atoms with E-state index in [2.05, 4.69) is 193 Å². The van der Waals surface area contributed by atoms with Crippen molar-refractivity contribution in [3.63, 3.8) is 0 Å². The van der Waals surface area contributed by atoms with Crippen LogP contribution in [0.15, 0.2) is 215 Å². The van der Waals surface area contributed by atoms with Crippen molar-refractivity contribution in [3.8, 4) is 0 Å². The van der Waals surface area contributed by atoms with Gasteiger partial charge in [-0.15, -0.1) is 0 Å². The number of benzene rings is 4. The van der Waals surface area contributed by atoms with Crippen molar-refractivity contribution in [1.82, 2.24) is 4.90 Å². The second kappa shape index (κ2) is 13.3. The average molecular weight is 751 g/mol. The summed E-state index contributed by atoms with van der Waals surface area (Å²) in [6.07, 6.45) is 33.2. The van der Waals surface area contributed by atoms with Crippen molar-refractivity contribution in [2.45, 2.75) is 74.8 Å². The predicted octanol–water partition coefficient (Wildman–Crippen LogP) is 13.2. The number of hydrogen-bond acceptors (Lipinski definition) is 2. The largest absolute Gasteiger partial charge is 0.341 e. The van der Waals surface area contributed by atoms with Gasteiger partial charge >= 0.3 is 0 Å². The third-order valence-corrected chi connectivity index (χ3v) is 15.0. The van der Waals surface area contributed by atoms with Crippen LogP contribution in [0.1, 0.15) is 79.5 Å². The Balaban J connectivity index is 0.921. The summed E-state index contributed by atoms with van der Waals surface area (Å²) in [7, 11) is 0. The Hall–Kier alpha value is -5.86. The Bertz CT molecular complexity index is 2570. The summed E-state index contributed by atoms with van der Waals surface area (Å²) in [5.74, 6) is 1.68. The first-order chi connectivity index (χ1) is 28.7. The van der Waals surface area contributed by atoms with Crippen LogP contribution in [0.4, 0.5) is 11.4 Å². The molecule has 0 bridgehead atoms. The number of para-hydroxylation sites is 1. The van der Waals surface area contributed by atoms with E-state index in [9.17, 15) is 0 Å². The van der Waals surface area contributed by atoms with Crippen molar-refractivity contribution < 1.29 is 0 Å². The van der Waals surface area contributed by atoms with Crippen LogP contribution in [-0.4, -0.2) is 17.0 Å². The second-order valence-electron chi connectivity index (χ2n) is 17.7. The van der Waals surface area contributed by atoms with E-state index in [1.54, 1.807) is 22.4 Å². The summed E-state index contributed by atoms with van der Waals surface area (Å²) in [5, 5.41) is 0. The molecule has 0 aromatic heterocycles. The Morgan fingerprint density at radius 1 is 0.672 bits per heavy atom. The molecule has 0 N–H and O–H groups in total. The van der Waals surface area contributed by atoms with E-state index in [0.29, 0.717) is 29.7 Å². The van der Waals surface area contributed by atoms with Crippen LogP contribution in [0.3, 0.4) is 0 Å². The van der Waals surface area contributed by atoms with Gasteiger partial charge in [-0.3, -0.25) is 0 Å². The molecule has 284 valence electrons. The first kappa shape index (κ1) is 34.2. The second-order valence-corrected chi connectivity index (χ2v) is 17.7. The topological polar surface area (TPSA) is 6.48 Å². The van der Waals surface area contributed by atoms with Gasteiger partial charge in [0, 0.05) is 40.5 Å². The maximum atomic E-state index is 2.85. The summed E-state index contributed by atoms with van der Waals surface area (Å²) in [6, 6.07) is 42.0. The molecule has 6 aliphatic carbocycles. The molecule has 2 nitrogen and oxygen atoms in total. The molecule has 2 heteroatoms. The molecule has 0 amide bonds. The average Bonchev–Trinajstić information content (AvgIpc) is 3.92. The molecule has 4 aromatic rings. The number of allylic oxidation sites excluding steroid dienone is 13. The number of fused-ring (bicyclic) bond motifs is 6. The van der Waals surface area contributed by atoms with Gasteiger partial charge < -0.3 is 9.80 Å². The minimum absolute atomic E-state index is 0.257. The first-order valence-electron chi connectivity index (χ1n) is 21.9. The lowest BCUT2D eigenvalue weighted by molar-refractivity contribution is 0.281. The van der Waals surface area contributed by atoms with E-state index in [1.807, 2.05) is 0 Å². The van der Waals surface area contributed by atoms with E-state index < -0.39 is 0 Å². The van der Waals surface area contributed by atoms with Crippen LogP contribution < -0.4 is 4.90 Å². The van der Waals surface area contributed by atoms with Gasteiger partial charge in [0.05, 0.1) is 17.5 Å². The SMILES string of the molecule is CC1C2=C(C=CC1N1C3=CC=CCC3C3=C1CCC(c1ccc4c(c1)C1C=CC=CC1N4c1ccccc1)C3)C1=C(CCC=C1)C2(c1ccccc1)c1ccccc1. The molecule has 0 saturated carbocycles. The molecule has 2 heterocycles. The van der Waals surface area contributed by atoms with Gasteiger partial charge in [0.15, 0.2) is 0 Å². The lowest BCUT2D eigenvalue weighted by Gasteiger charge is -2.46. The highest BCUT2D eigenvalue weighted by molar-refractivity contribution is 5.77. The highest BCUT2D eigenvalue weighted by atomic mass is 15.2. The number of nitrogens with zero attached hydrogens (tertiary/aromatic N) is 2. The van der Waals surface area contributed by atoms with Crippen LogP contribution >= 0.6 is 0 Å². The minimum Gasteiger partial charge on any atom is -0.341 e. The molecule has 8 aliphatic rings. The predicted molar refractivity (Wildman–Crippen MR) is 239 cm³/mol. The van der Waals surface area contributed by atoms with E-state index in [4.69, 9.17) is 0 Å². The van der Waals surface area contributed by atoms with E-state index in [1.165, 1.54) is 56.9 Å². The molecule has 12 rings (SSSR count). The Morgan fingerprint density at radius 2 is 1.43 bits per heavy atom. The van der Waals surface area contributed by atoms with Crippen LogP contribution in [0, 0.1) is 11.8 Å². The third-order valence-electron chi connectivity index (χ3n) is 15.0. The molecule has 4 aromatic carbocycles. The maximum Gasteiger partial charge on any atom is 0.0642 e. The highest BCUT2D eigenvalue weighted by Gasteiger charge is 2.54. The number of rotatable bonds is 5. The summed E-state index contributed by atoms with van der Waals surface area (Å²) in [6.45, 7) is 2.55. The van der Waals surface area contributed by atoms with Crippen molar-refractivity contribution >= 4 is 11.4 Å². The fraction of sp³-hybridized carbons (Fsp3) is 0.250.